The molecule has 1 fully saturated rings. The summed E-state index contributed by atoms with van der Waals surface area (Å²) in [5.74, 6) is 0.273. The summed E-state index contributed by atoms with van der Waals surface area (Å²) in [5.41, 5.74) is 7.92. The Hall–Kier alpha value is -3.88. The summed E-state index contributed by atoms with van der Waals surface area (Å²) >= 11 is 0. The molecule has 8 nitrogen and oxygen atoms in total. The highest BCUT2D eigenvalue weighted by Crippen LogP contribution is 2.40. The molecule has 0 aromatic heterocycles. The van der Waals surface area contributed by atoms with Crippen molar-refractivity contribution in [1.82, 2.24) is 15.1 Å². The number of nitrogens with zero attached hydrogens (tertiary/aromatic N) is 2. The molecule has 3 aromatic carbocycles. The van der Waals surface area contributed by atoms with E-state index in [4.69, 9.17) is 15.2 Å². The lowest BCUT2D eigenvalue weighted by Crippen LogP contribution is -2.58. The smallest absolute Gasteiger partial charge is 0.255 e. The standard InChI is InChI=1S/C33H42N4O4/c1-23(21-33(32(39)36(2)3,24-12-8-6-9-13-24)25-14-10-7-11-15-25)37-19-18-28(30(22-37)41-5)35-31(38)27-20-26(34)16-17-29(27)40-4/h6-17,20,23,28,30H,18-19,21-22,34H2,1-5H3,(H,35,38)/t23?,28-,30+/m0/s1. The van der Waals surface area contributed by atoms with Crippen molar-refractivity contribution in [1.29, 1.82) is 0 Å². The van der Waals surface area contributed by atoms with Gasteiger partial charge in [-0.05, 0) is 49.1 Å². The van der Waals surface area contributed by atoms with Crippen molar-refractivity contribution in [2.45, 2.75) is 43.4 Å². The molecular weight excluding hydrogens is 516 g/mol. The van der Waals surface area contributed by atoms with Gasteiger partial charge in [0.15, 0.2) is 0 Å². The van der Waals surface area contributed by atoms with Gasteiger partial charge in [-0.3, -0.25) is 14.5 Å². The molecular formula is C33H42N4O4. The third kappa shape index (κ3) is 6.39. The monoisotopic (exact) mass is 558 g/mol. The zero-order valence-electron chi connectivity index (χ0n) is 24.7. The van der Waals surface area contributed by atoms with Crippen molar-refractivity contribution in [3.63, 3.8) is 0 Å². The molecule has 1 saturated heterocycles. The average Bonchev–Trinajstić information content (AvgIpc) is 3.00. The van der Waals surface area contributed by atoms with Gasteiger partial charge in [0.05, 0.1) is 24.8 Å². The summed E-state index contributed by atoms with van der Waals surface area (Å²) in [5, 5.41) is 3.14. The van der Waals surface area contributed by atoms with Crippen LogP contribution in [-0.2, 0) is 14.9 Å². The van der Waals surface area contributed by atoms with Crippen LogP contribution in [0.4, 0.5) is 5.69 Å². The van der Waals surface area contributed by atoms with E-state index in [0.717, 1.165) is 17.7 Å². The summed E-state index contributed by atoms with van der Waals surface area (Å²) < 4.78 is 11.3. The molecule has 0 aliphatic carbocycles. The maximum absolute atomic E-state index is 14.1. The van der Waals surface area contributed by atoms with Gasteiger partial charge in [0.1, 0.15) is 11.2 Å². The highest BCUT2D eigenvalue weighted by atomic mass is 16.5. The number of hydrogen-bond acceptors (Lipinski definition) is 6. The van der Waals surface area contributed by atoms with Crippen LogP contribution in [0.3, 0.4) is 0 Å². The van der Waals surface area contributed by atoms with Gasteiger partial charge in [-0.1, -0.05) is 60.7 Å². The van der Waals surface area contributed by atoms with E-state index < -0.39 is 5.41 Å². The minimum absolute atomic E-state index is 0.0441. The second kappa shape index (κ2) is 13.2. The van der Waals surface area contributed by atoms with Gasteiger partial charge in [-0.15, -0.1) is 0 Å². The second-order valence-corrected chi connectivity index (χ2v) is 11.0. The van der Waals surface area contributed by atoms with Gasteiger partial charge < -0.3 is 25.4 Å². The van der Waals surface area contributed by atoms with Crippen molar-refractivity contribution in [2.24, 2.45) is 0 Å². The first kappa shape index (κ1) is 30.1. The lowest BCUT2D eigenvalue weighted by molar-refractivity contribution is -0.134. The Morgan fingerprint density at radius 2 is 1.63 bits per heavy atom. The zero-order chi connectivity index (χ0) is 29.6. The van der Waals surface area contributed by atoms with Gasteiger partial charge in [0.25, 0.3) is 5.91 Å². The van der Waals surface area contributed by atoms with Crippen molar-refractivity contribution < 1.29 is 19.1 Å². The SMILES string of the molecule is COc1ccc(N)cc1C(=O)N[C@H]1CCN(C(C)CC(C(=O)N(C)C)(c2ccccc2)c2ccccc2)C[C@H]1OC. The van der Waals surface area contributed by atoms with Crippen molar-refractivity contribution in [3.8, 4) is 5.75 Å². The van der Waals surface area contributed by atoms with E-state index in [1.807, 2.05) is 74.8 Å². The third-order valence-electron chi connectivity index (χ3n) is 8.21. The predicted octanol–water partition coefficient (Wildman–Crippen LogP) is 3.95. The van der Waals surface area contributed by atoms with Crippen molar-refractivity contribution in [3.05, 3.63) is 95.6 Å². The second-order valence-electron chi connectivity index (χ2n) is 11.0. The number of methoxy groups -OCH3 is 2. The van der Waals surface area contributed by atoms with Crippen LogP contribution in [0.2, 0.25) is 0 Å². The fraction of sp³-hybridized carbons (Fsp3) is 0.394. The molecule has 0 radical (unpaired) electrons. The topological polar surface area (TPSA) is 97.1 Å². The molecule has 0 saturated carbocycles. The molecule has 0 bridgehead atoms. The number of anilines is 1. The molecule has 1 unspecified atom stereocenters. The molecule has 4 rings (SSSR count). The molecule has 1 aliphatic rings. The number of piperidine rings is 1. The van der Waals surface area contributed by atoms with Crippen LogP contribution in [0.5, 0.6) is 5.75 Å². The summed E-state index contributed by atoms with van der Waals surface area (Å²) in [7, 11) is 6.84. The maximum Gasteiger partial charge on any atom is 0.255 e. The first-order valence-corrected chi connectivity index (χ1v) is 14.0. The lowest BCUT2D eigenvalue weighted by Gasteiger charge is -2.44. The van der Waals surface area contributed by atoms with E-state index >= 15 is 0 Å². The van der Waals surface area contributed by atoms with Gasteiger partial charge in [-0.25, -0.2) is 0 Å². The number of likely N-dealkylation sites (tertiary alicyclic amines) is 1. The zero-order valence-corrected chi connectivity index (χ0v) is 24.7. The number of carbonyl (C=O) groups is 2. The maximum atomic E-state index is 14.1. The number of ether oxygens (including phenoxy) is 2. The number of nitrogen functional groups attached to an aromatic ring is 1. The number of amides is 2. The molecule has 41 heavy (non-hydrogen) atoms. The van der Waals surface area contributed by atoms with E-state index in [1.54, 1.807) is 30.2 Å². The fourth-order valence-electron chi connectivity index (χ4n) is 6.03. The molecule has 0 spiro atoms. The molecule has 3 N–H and O–H groups in total. The van der Waals surface area contributed by atoms with Crippen LogP contribution in [0.1, 0.15) is 41.3 Å². The Labute approximate surface area is 243 Å². The lowest BCUT2D eigenvalue weighted by atomic mass is 9.69. The van der Waals surface area contributed by atoms with E-state index in [9.17, 15) is 9.59 Å². The summed E-state index contributed by atoms with van der Waals surface area (Å²) in [6.45, 7) is 3.54. The number of benzene rings is 3. The Morgan fingerprint density at radius 3 is 2.17 bits per heavy atom. The first-order valence-electron chi connectivity index (χ1n) is 14.0. The molecule has 1 heterocycles. The summed E-state index contributed by atoms with van der Waals surface area (Å²) in [6, 6.07) is 25.0. The molecule has 1 aliphatic heterocycles. The molecule has 218 valence electrons. The number of carbonyl (C=O) groups excluding carboxylic acids is 2. The van der Waals surface area contributed by atoms with Crippen LogP contribution < -0.4 is 15.8 Å². The molecule has 3 aromatic rings. The van der Waals surface area contributed by atoms with Crippen molar-refractivity contribution in [2.75, 3.05) is 47.1 Å². The molecule has 3 atom stereocenters. The third-order valence-corrected chi connectivity index (χ3v) is 8.21. The number of nitrogens with two attached hydrogens (primary N) is 1. The Kier molecular flexibility index (Phi) is 9.68. The number of likely N-dealkylation sites (N-methyl/N-ethyl adjacent to an activating group) is 1. The normalized spacial score (nSPS) is 18.4. The molecule has 2 amide bonds. The van der Waals surface area contributed by atoms with Gasteiger partial charge in [-0.2, -0.15) is 0 Å². The van der Waals surface area contributed by atoms with Crippen LogP contribution in [-0.4, -0.2) is 81.2 Å². The largest absolute Gasteiger partial charge is 0.496 e. The number of nitrogens with one attached hydrogen (secondary N) is 1. The van der Waals surface area contributed by atoms with Gasteiger partial charge in [0, 0.05) is 46.0 Å². The number of hydrogen-bond donors (Lipinski definition) is 2. The van der Waals surface area contributed by atoms with Crippen LogP contribution in [0.25, 0.3) is 0 Å². The van der Waals surface area contributed by atoms with E-state index in [2.05, 4.69) is 17.1 Å². The van der Waals surface area contributed by atoms with Crippen LogP contribution in [0.15, 0.2) is 78.9 Å². The predicted molar refractivity (Wildman–Crippen MR) is 162 cm³/mol. The van der Waals surface area contributed by atoms with E-state index in [0.29, 0.717) is 36.4 Å². The fourth-order valence-corrected chi connectivity index (χ4v) is 6.03. The highest BCUT2D eigenvalue weighted by Gasteiger charge is 2.45. The molecule has 8 heteroatoms. The van der Waals surface area contributed by atoms with Crippen molar-refractivity contribution >= 4 is 17.5 Å². The minimum atomic E-state index is -0.858. The van der Waals surface area contributed by atoms with Gasteiger partial charge >= 0.3 is 0 Å². The van der Waals surface area contributed by atoms with E-state index in [1.165, 1.54) is 7.11 Å². The highest BCUT2D eigenvalue weighted by molar-refractivity contribution is 5.98. The van der Waals surface area contributed by atoms with Crippen LogP contribution in [0, 0.1) is 0 Å². The quantitative estimate of drug-likeness (QED) is 0.366. The van der Waals surface area contributed by atoms with Crippen LogP contribution >= 0.6 is 0 Å². The Morgan fingerprint density at radius 1 is 1.02 bits per heavy atom. The van der Waals surface area contributed by atoms with E-state index in [-0.39, 0.29) is 30.0 Å². The van der Waals surface area contributed by atoms with Gasteiger partial charge in [0.2, 0.25) is 5.91 Å². The summed E-state index contributed by atoms with van der Waals surface area (Å²) in [4.78, 5) is 31.4. The number of rotatable bonds is 10. The minimum Gasteiger partial charge on any atom is -0.496 e. The Balaban J connectivity index is 1.57. The average molecular weight is 559 g/mol. The summed E-state index contributed by atoms with van der Waals surface area (Å²) in [6.07, 6.45) is 1.06. The first-order chi connectivity index (χ1) is 19.7. The Bertz CT molecular complexity index is 1280.